The summed E-state index contributed by atoms with van der Waals surface area (Å²) in [6.07, 6.45) is 1.94. The summed E-state index contributed by atoms with van der Waals surface area (Å²) in [5.74, 6) is 2.06. The van der Waals surface area contributed by atoms with E-state index in [0.29, 0.717) is 11.5 Å². The summed E-state index contributed by atoms with van der Waals surface area (Å²) in [5.41, 5.74) is 20.0. The van der Waals surface area contributed by atoms with Gasteiger partial charge in [0, 0.05) is 77.9 Å². The topological polar surface area (TPSA) is 33.5 Å². The van der Waals surface area contributed by atoms with Gasteiger partial charge >= 0.3 is 0 Å². The minimum atomic E-state index is -0.564. The predicted molar refractivity (Wildman–Crippen MR) is 303 cm³/mol. The van der Waals surface area contributed by atoms with E-state index in [1.165, 1.54) is 55.3 Å². The van der Waals surface area contributed by atoms with Crippen LogP contribution in [0.4, 0.5) is 22.7 Å². The SMILES string of the molecule is CC(C)(C)c1ccnc(-n2c3[c-]c(Oc4[c-]c(N5[CH-]N(c6c(-c7ccccc7)cccc6-c6ccccc6)c6ccc(C(C)(C)C)cc65)ccc4)cc4c3c3c(cccc32)C42c3ccccc3-c3ccccc32)c1.[Pt]. The molecule has 3 heterocycles. The Hall–Kier alpha value is -7.98. The molecule has 0 amide bonds. The number of rotatable bonds is 7. The third kappa shape index (κ3) is 7.11. The van der Waals surface area contributed by atoms with Crippen LogP contribution in [0, 0.1) is 18.8 Å². The van der Waals surface area contributed by atoms with Gasteiger partial charge in [-0.1, -0.05) is 198 Å². The minimum absolute atomic E-state index is 0. The van der Waals surface area contributed by atoms with E-state index in [0.717, 1.165) is 61.9 Å². The molecule has 0 fully saturated rings. The van der Waals surface area contributed by atoms with Gasteiger partial charge in [-0.25, -0.2) is 4.98 Å². The average molecular weight is 1150 g/mol. The first kappa shape index (κ1) is 46.8. The Kier molecular flexibility index (Phi) is 10.8. The van der Waals surface area contributed by atoms with Crippen LogP contribution in [0.15, 0.2) is 206 Å². The maximum Gasteiger partial charge on any atom is 0.135 e. The molecule has 75 heavy (non-hydrogen) atoms. The van der Waals surface area contributed by atoms with E-state index in [9.17, 15) is 0 Å². The van der Waals surface area contributed by atoms with Gasteiger partial charge in [0.05, 0.1) is 0 Å². The molecule has 0 N–H and O–H groups in total. The molecule has 0 unspecified atom stereocenters. The number of hydrogen-bond acceptors (Lipinski definition) is 4. The molecule has 6 heteroatoms. The molecule has 0 saturated carbocycles. The van der Waals surface area contributed by atoms with Crippen LogP contribution in [-0.2, 0) is 37.3 Å². The van der Waals surface area contributed by atoms with E-state index in [1.54, 1.807) is 0 Å². The van der Waals surface area contributed by atoms with Crippen LogP contribution in [0.1, 0.15) is 74.9 Å². The molecule has 11 aromatic rings. The van der Waals surface area contributed by atoms with Gasteiger partial charge in [-0.05, 0) is 96.6 Å². The van der Waals surface area contributed by atoms with Crippen molar-refractivity contribution in [3.63, 3.8) is 0 Å². The Bertz CT molecular complexity index is 3970. The minimum Gasteiger partial charge on any atom is -0.509 e. The fourth-order valence-corrected chi connectivity index (χ4v) is 12.2. The summed E-state index contributed by atoms with van der Waals surface area (Å²) < 4.78 is 9.49. The van der Waals surface area contributed by atoms with E-state index < -0.39 is 5.41 Å². The molecule has 5 nitrogen and oxygen atoms in total. The van der Waals surface area contributed by atoms with Crippen molar-refractivity contribution in [2.24, 2.45) is 0 Å². The van der Waals surface area contributed by atoms with Gasteiger partial charge in [-0.3, -0.25) is 0 Å². The zero-order chi connectivity index (χ0) is 50.1. The number of ether oxygens (including phenoxy) is 1. The van der Waals surface area contributed by atoms with E-state index >= 15 is 0 Å². The van der Waals surface area contributed by atoms with Gasteiger partial charge in [0.1, 0.15) is 5.82 Å². The molecule has 0 atom stereocenters. The Labute approximate surface area is 454 Å². The maximum absolute atomic E-state index is 7.19. The zero-order valence-corrected chi connectivity index (χ0v) is 45.0. The molecule has 0 radical (unpaired) electrons. The van der Waals surface area contributed by atoms with Crippen LogP contribution in [0.5, 0.6) is 11.5 Å². The molecular weight excluding hydrogens is 1100 g/mol. The molecule has 3 aliphatic rings. The Morgan fingerprint density at radius 1 is 0.480 bits per heavy atom. The van der Waals surface area contributed by atoms with Crippen molar-refractivity contribution in [2.75, 3.05) is 9.80 Å². The molecule has 1 aliphatic heterocycles. The summed E-state index contributed by atoms with van der Waals surface area (Å²) in [4.78, 5) is 9.71. The second kappa shape index (κ2) is 17.3. The van der Waals surface area contributed by atoms with Crippen molar-refractivity contribution < 1.29 is 25.8 Å². The first-order valence-electron chi connectivity index (χ1n) is 25.7. The molecule has 1 spiro atoms. The number of fused-ring (bicyclic) bond motifs is 8. The van der Waals surface area contributed by atoms with Crippen molar-refractivity contribution in [2.45, 2.75) is 57.8 Å². The molecule has 0 bridgehead atoms. The predicted octanol–water partition coefficient (Wildman–Crippen LogP) is 17.6. The van der Waals surface area contributed by atoms with Crippen LogP contribution in [0.3, 0.4) is 0 Å². The van der Waals surface area contributed by atoms with Gasteiger partial charge in [-0.2, -0.15) is 6.07 Å². The number of pyridine rings is 1. The van der Waals surface area contributed by atoms with Crippen LogP contribution in [0.25, 0.3) is 61.0 Å². The van der Waals surface area contributed by atoms with Crippen molar-refractivity contribution in [3.8, 4) is 50.7 Å². The standard InChI is InChI=1S/C69H53N4O.Pt/c1-67(2,3)46-34-35-59-61(38-46)71(43-72(59)66-51(44-20-9-7-10-21-44)28-18-29-52(66)45-22-11-8-12-23-45)48-24-17-25-49(40-48)74-50-41-58-65-62(42-50)73(63-39-47(36-37-70-63)68(4,5)6)60-33-19-32-57(64(60)65)69(58)55-30-15-13-26-53(55)54-27-14-16-31-56(54)69;/h7-39,41,43H,1-6H3;/q-3;. The van der Waals surface area contributed by atoms with Gasteiger partial charge < -0.3 is 19.1 Å². The first-order valence-corrected chi connectivity index (χ1v) is 25.7. The van der Waals surface area contributed by atoms with Crippen LogP contribution in [-0.4, -0.2) is 9.55 Å². The van der Waals surface area contributed by atoms with Crippen molar-refractivity contribution in [3.05, 3.63) is 259 Å². The molecule has 2 aliphatic carbocycles. The summed E-state index contributed by atoms with van der Waals surface area (Å²) in [6, 6.07) is 80.1. The van der Waals surface area contributed by atoms with Gasteiger partial charge in [0.15, 0.2) is 0 Å². The summed E-state index contributed by atoms with van der Waals surface area (Å²) in [7, 11) is 0. The second-order valence-electron chi connectivity index (χ2n) is 22.0. The van der Waals surface area contributed by atoms with Crippen LogP contribution >= 0.6 is 0 Å². The number of aromatic nitrogens is 2. The number of para-hydroxylation sites is 1. The third-order valence-corrected chi connectivity index (χ3v) is 15.7. The molecule has 14 rings (SSSR count). The molecule has 368 valence electrons. The fourth-order valence-electron chi connectivity index (χ4n) is 12.2. The number of anilines is 4. The molecule has 0 saturated heterocycles. The third-order valence-electron chi connectivity index (χ3n) is 15.7. The van der Waals surface area contributed by atoms with Crippen LogP contribution < -0.4 is 14.5 Å². The zero-order valence-electron chi connectivity index (χ0n) is 42.7. The van der Waals surface area contributed by atoms with Gasteiger partial charge in [0.25, 0.3) is 0 Å². The number of hydrogen-bond donors (Lipinski definition) is 0. The molecule has 2 aromatic heterocycles. The normalized spacial score (nSPS) is 13.9. The first-order chi connectivity index (χ1) is 36.0. The average Bonchev–Trinajstić information content (AvgIpc) is 4.36. The maximum atomic E-state index is 7.19. The monoisotopic (exact) mass is 1150 g/mol. The smallest absolute Gasteiger partial charge is 0.135 e. The van der Waals surface area contributed by atoms with Crippen molar-refractivity contribution >= 4 is 44.6 Å². The molecular formula is C69H53N4OPt-3. The van der Waals surface area contributed by atoms with E-state index in [4.69, 9.17) is 9.72 Å². The Morgan fingerprint density at radius 2 is 1.07 bits per heavy atom. The fraction of sp³-hybridized carbons (Fsp3) is 0.130. The van der Waals surface area contributed by atoms with Gasteiger partial charge in [0.2, 0.25) is 0 Å². The van der Waals surface area contributed by atoms with Crippen molar-refractivity contribution in [1.29, 1.82) is 0 Å². The summed E-state index contributed by atoms with van der Waals surface area (Å²) in [6.45, 7) is 15.8. The largest absolute Gasteiger partial charge is 0.509 e. The van der Waals surface area contributed by atoms with E-state index in [1.807, 2.05) is 12.3 Å². The number of nitrogens with zero attached hydrogens (tertiary/aromatic N) is 4. The second-order valence-corrected chi connectivity index (χ2v) is 22.0. The van der Waals surface area contributed by atoms with Crippen molar-refractivity contribution in [1.82, 2.24) is 9.55 Å². The quantitative estimate of drug-likeness (QED) is 0.149. The summed E-state index contributed by atoms with van der Waals surface area (Å²) >= 11 is 0. The summed E-state index contributed by atoms with van der Waals surface area (Å²) in [5, 5.41) is 2.41. The van der Waals surface area contributed by atoms with E-state index in [2.05, 4.69) is 269 Å². The van der Waals surface area contributed by atoms with Crippen LogP contribution in [0.2, 0.25) is 0 Å². The van der Waals surface area contributed by atoms with E-state index in [-0.39, 0.29) is 31.9 Å². The Balaban J connectivity index is 0.00000541. The van der Waals surface area contributed by atoms with Gasteiger partial charge in [-0.15, -0.1) is 48.3 Å². The number of benzene rings is 9. The molecule has 9 aromatic carbocycles. The Morgan fingerprint density at radius 3 is 1.73 bits per heavy atom.